The van der Waals surface area contributed by atoms with E-state index in [0.717, 1.165) is 34.3 Å². The Labute approximate surface area is 189 Å². The minimum Gasteiger partial charge on any atom is -0.347 e. The van der Waals surface area contributed by atoms with E-state index in [9.17, 15) is 4.79 Å². The van der Waals surface area contributed by atoms with Gasteiger partial charge in [0, 0.05) is 52.9 Å². The molecule has 32 heavy (non-hydrogen) atoms. The van der Waals surface area contributed by atoms with E-state index in [-0.39, 0.29) is 11.5 Å². The van der Waals surface area contributed by atoms with Gasteiger partial charge in [-0.2, -0.15) is 0 Å². The van der Waals surface area contributed by atoms with Gasteiger partial charge in [0.05, 0.1) is 5.75 Å². The fourth-order valence-electron chi connectivity index (χ4n) is 3.79. The van der Waals surface area contributed by atoms with Crippen LogP contribution in [0.15, 0.2) is 90.5 Å². The first-order valence-corrected chi connectivity index (χ1v) is 11.4. The van der Waals surface area contributed by atoms with Gasteiger partial charge in [0.1, 0.15) is 0 Å². The molecule has 0 saturated heterocycles. The number of pyridine rings is 1. The van der Waals surface area contributed by atoms with Crippen molar-refractivity contribution in [2.75, 3.05) is 5.75 Å². The molecule has 0 unspecified atom stereocenters. The lowest BCUT2D eigenvalue weighted by Crippen LogP contribution is -2.05. The Bertz CT molecular complexity index is 1380. The fourth-order valence-corrected chi connectivity index (χ4v) is 4.63. The number of fused-ring (bicyclic) bond motifs is 1. The summed E-state index contributed by atoms with van der Waals surface area (Å²) >= 11 is 1.40. The van der Waals surface area contributed by atoms with Crippen molar-refractivity contribution in [3.63, 3.8) is 0 Å². The van der Waals surface area contributed by atoms with E-state index in [0.29, 0.717) is 11.0 Å². The number of rotatable bonds is 7. The van der Waals surface area contributed by atoms with Crippen molar-refractivity contribution in [2.45, 2.75) is 18.6 Å². The highest BCUT2D eigenvalue weighted by Crippen LogP contribution is 2.29. The van der Waals surface area contributed by atoms with Crippen molar-refractivity contribution in [3.8, 4) is 17.1 Å². The molecule has 0 atom stereocenters. The van der Waals surface area contributed by atoms with Crippen LogP contribution in [-0.2, 0) is 6.54 Å². The molecule has 0 spiro atoms. The number of thioether (sulfide) groups is 1. The summed E-state index contributed by atoms with van der Waals surface area (Å²) in [6.07, 6.45) is 5.45. The summed E-state index contributed by atoms with van der Waals surface area (Å²) in [5.41, 5.74) is 3.63. The normalized spacial score (nSPS) is 11.2. The fraction of sp³-hybridized carbons (Fsp3) is 0.120. The minimum absolute atomic E-state index is 0.0731. The lowest BCUT2D eigenvalue weighted by atomic mass is 10.1. The number of carbonyl (C=O) groups excluding carboxylic acids is 1. The zero-order chi connectivity index (χ0) is 21.9. The van der Waals surface area contributed by atoms with E-state index in [2.05, 4.69) is 32.7 Å². The molecule has 0 fully saturated rings. The minimum atomic E-state index is 0.0731. The Hall–Kier alpha value is -3.71. The third kappa shape index (κ3) is 3.71. The van der Waals surface area contributed by atoms with Gasteiger partial charge in [-0.3, -0.25) is 14.3 Å². The molecule has 0 aliphatic carbocycles. The van der Waals surface area contributed by atoms with Gasteiger partial charge in [-0.15, -0.1) is 10.2 Å². The molecule has 0 aliphatic heterocycles. The number of nitrogens with zero attached hydrogens (tertiary/aromatic N) is 5. The highest BCUT2D eigenvalue weighted by Gasteiger charge is 2.19. The number of aromatic nitrogens is 5. The van der Waals surface area contributed by atoms with Crippen molar-refractivity contribution in [2.24, 2.45) is 0 Å². The van der Waals surface area contributed by atoms with E-state index < -0.39 is 0 Å². The summed E-state index contributed by atoms with van der Waals surface area (Å²) in [7, 11) is 0. The molecule has 0 radical (unpaired) electrons. The molecule has 5 rings (SSSR count). The number of benzene rings is 2. The summed E-state index contributed by atoms with van der Waals surface area (Å²) in [5, 5.41) is 10.5. The van der Waals surface area contributed by atoms with Crippen LogP contribution in [-0.4, -0.2) is 35.9 Å². The first-order valence-electron chi connectivity index (χ1n) is 10.4. The highest BCUT2D eigenvalue weighted by molar-refractivity contribution is 7.99. The summed E-state index contributed by atoms with van der Waals surface area (Å²) in [6, 6.07) is 21.8. The molecule has 0 aliphatic rings. The second-order valence-electron chi connectivity index (χ2n) is 7.28. The van der Waals surface area contributed by atoms with Crippen LogP contribution in [0, 0.1) is 0 Å². The van der Waals surface area contributed by atoms with Gasteiger partial charge in [0.25, 0.3) is 0 Å². The first-order chi connectivity index (χ1) is 15.8. The Balaban J connectivity index is 1.48. The van der Waals surface area contributed by atoms with Crippen LogP contribution < -0.4 is 0 Å². The molecule has 0 amide bonds. The molecule has 7 heteroatoms. The van der Waals surface area contributed by atoms with E-state index in [1.165, 1.54) is 11.8 Å². The number of Topliss-reactive ketones (excluding diaryl/α,β-unsaturated/α-hetero) is 1. The molecule has 0 bridgehead atoms. The Kier molecular flexibility index (Phi) is 5.56. The SMILES string of the molecule is CCn1cc(C(=O)CSc2nnc(-c3cccnc3)n2-c2ccccc2)c2ccccc21. The van der Waals surface area contributed by atoms with Gasteiger partial charge in [-0.05, 0) is 37.3 Å². The number of hydrogen-bond acceptors (Lipinski definition) is 5. The van der Waals surface area contributed by atoms with Crippen LogP contribution in [0.4, 0.5) is 0 Å². The number of hydrogen-bond donors (Lipinski definition) is 0. The Morgan fingerprint density at radius 1 is 0.969 bits per heavy atom. The second kappa shape index (κ2) is 8.80. The Morgan fingerprint density at radius 2 is 1.78 bits per heavy atom. The molecule has 2 aromatic carbocycles. The van der Waals surface area contributed by atoms with Crippen LogP contribution in [0.25, 0.3) is 28.0 Å². The van der Waals surface area contributed by atoms with Crippen LogP contribution in [0.2, 0.25) is 0 Å². The number of para-hydroxylation sites is 2. The summed E-state index contributed by atoms with van der Waals surface area (Å²) in [5.74, 6) is 1.04. The topological polar surface area (TPSA) is 65.6 Å². The molecule has 158 valence electrons. The molecular weight excluding hydrogens is 418 g/mol. The standard InChI is InChI=1S/C25H21N5OS/c1-2-29-16-21(20-12-6-7-13-22(20)29)23(31)17-32-25-28-27-24(18-9-8-14-26-15-18)30(25)19-10-4-3-5-11-19/h3-16H,2,17H2,1H3. The molecule has 5 aromatic rings. The largest absolute Gasteiger partial charge is 0.347 e. The quantitative estimate of drug-likeness (QED) is 0.255. The first kappa shape index (κ1) is 20.2. The molecule has 0 saturated carbocycles. The zero-order valence-electron chi connectivity index (χ0n) is 17.5. The van der Waals surface area contributed by atoms with Crippen molar-refractivity contribution >= 4 is 28.4 Å². The molecule has 3 aromatic heterocycles. The second-order valence-corrected chi connectivity index (χ2v) is 8.22. The lowest BCUT2D eigenvalue weighted by Gasteiger charge is -2.10. The summed E-state index contributed by atoms with van der Waals surface area (Å²) < 4.78 is 4.09. The maximum atomic E-state index is 13.2. The van der Waals surface area contributed by atoms with Crippen molar-refractivity contribution in [1.29, 1.82) is 0 Å². The van der Waals surface area contributed by atoms with Gasteiger partial charge in [0.15, 0.2) is 16.8 Å². The van der Waals surface area contributed by atoms with Gasteiger partial charge >= 0.3 is 0 Å². The van der Waals surface area contributed by atoms with Crippen LogP contribution in [0.5, 0.6) is 0 Å². The molecular formula is C25H21N5OS. The van der Waals surface area contributed by atoms with Crippen LogP contribution in [0.3, 0.4) is 0 Å². The summed E-state index contributed by atoms with van der Waals surface area (Å²) in [4.78, 5) is 17.4. The molecule has 3 heterocycles. The molecule has 6 nitrogen and oxygen atoms in total. The average Bonchev–Trinajstić information content (AvgIpc) is 3.45. The summed E-state index contributed by atoms with van der Waals surface area (Å²) in [6.45, 7) is 2.90. The van der Waals surface area contributed by atoms with Crippen molar-refractivity contribution in [1.82, 2.24) is 24.3 Å². The third-order valence-electron chi connectivity index (χ3n) is 5.33. The maximum Gasteiger partial charge on any atom is 0.196 e. The predicted octanol–water partition coefficient (Wildman–Crippen LogP) is 5.28. The predicted molar refractivity (Wildman–Crippen MR) is 127 cm³/mol. The highest BCUT2D eigenvalue weighted by atomic mass is 32.2. The third-order valence-corrected chi connectivity index (χ3v) is 6.26. The van der Waals surface area contributed by atoms with Gasteiger partial charge in [0.2, 0.25) is 0 Å². The smallest absolute Gasteiger partial charge is 0.196 e. The monoisotopic (exact) mass is 439 g/mol. The van der Waals surface area contributed by atoms with Crippen molar-refractivity contribution in [3.05, 3.63) is 90.9 Å². The van der Waals surface area contributed by atoms with E-state index in [4.69, 9.17) is 0 Å². The number of ketones is 1. The van der Waals surface area contributed by atoms with Gasteiger partial charge < -0.3 is 4.57 Å². The Morgan fingerprint density at radius 3 is 2.56 bits per heavy atom. The van der Waals surface area contributed by atoms with Gasteiger partial charge in [-0.25, -0.2) is 0 Å². The number of aryl methyl sites for hydroxylation is 1. The maximum absolute atomic E-state index is 13.2. The lowest BCUT2D eigenvalue weighted by molar-refractivity contribution is 0.102. The van der Waals surface area contributed by atoms with Gasteiger partial charge in [-0.1, -0.05) is 48.2 Å². The zero-order valence-corrected chi connectivity index (χ0v) is 18.4. The number of carbonyl (C=O) groups is 1. The van der Waals surface area contributed by atoms with E-state index >= 15 is 0 Å². The van der Waals surface area contributed by atoms with Crippen molar-refractivity contribution < 1.29 is 4.79 Å². The van der Waals surface area contributed by atoms with Crippen LogP contribution in [0.1, 0.15) is 17.3 Å². The van der Waals surface area contributed by atoms with Crippen LogP contribution >= 0.6 is 11.8 Å². The van der Waals surface area contributed by atoms with E-state index in [1.807, 2.05) is 71.4 Å². The van der Waals surface area contributed by atoms with E-state index in [1.54, 1.807) is 12.4 Å². The average molecular weight is 440 g/mol. The molecule has 0 N–H and O–H groups in total.